The van der Waals surface area contributed by atoms with Crippen LogP contribution in [0.25, 0.3) is 16.8 Å². The minimum absolute atomic E-state index is 0.731. The van der Waals surface area contributed by atoms with Crippen LogP contribution < -0.4 is 5.84 Å². The predicted molar refractivity (Wildman–Crippen MR) is 68.5 cm³/mol. The molecular formula is C12H11ClN4. The summed E-state index contributed by atoms with van der Waals surface area (Å²) >= 11 is 5.86. The van der Waals surface area contributed by atoms with Crippen molar-refractivity contribution in [1.82, 2.24) is 14.3 Å². The van der Waals surface area contributed by atoms with Crippen molar-refractivity contribution < 1.29 is 0 Å². The molecule has 0 aliphatic rings. The van der Waals surface area contributed by atoms with E-state index in [-0.39, 0.29) is 0 Å². The van der Waals surface area contributed by atoms with Gasteiger partial charge in [0.15, 0.2) is 5.65 Å². The second-order valence-corrected chi connectivity index (χ2v) is 4.39. The van der Waals surface area contributed by atoms with Crippen molar-refractivity contribution in [2.45, 2.75) is 6.92 Å². The van der Waals surface area contributed by atoms with Crippen LogP contribution in [-0.4, -0.2) is 14.3 Å². The number of fused-ring (bicyclic) bond motifs is 1. The van der Waals surface area contributed by atoms with Crippen LogP contribution >= 0.6 is 11.6 Å². The Balaban J connectivity index is 2.15. The standard InChI is InChI=1S/C12H11ClN4/c1-8-15-16-7-10(6-12(16)17(8)14)9-2-4-11(13)5-3-9/h2-7H,14H2,1H3. The zero-order valence-corrected chi connectivity index (χ0v) is 10.0. The Morgan fingerprint density at radius 1 is 1.18 bits per heavy atom. The summed E-state index contributed by atoms with van der Waals surface area (Å²) in [6, 6.07) is 9.70. The molecule has 1 aromatic carbocycles. The SMILES string of the molecule is Cc1nn2cc(-c3ccc(Cl)cc3)cc2n1N. The van der Waals surface area contributed by atoms with E-state index in [1.54, 1.807) is 9.19 Å². The van der Waals surface area contributed by atoms with Gasteiger partial charge in [0.25, 0.3) is 0 Å². The van der Waals surface area contributed by atoms with Crippen molar-refractivity contribution in [2.75, 3.05) is 5.84 Å². The van der Waals surface area contributed by atoms with Crippen LogP contribution in [0.5, 0.6) is 0 Å². The van der Waals surface area contributed by atoms with Gasteiger partial charge in [-0.25, -0.2) is 9.19 Å². The van der Waals surface area contributed by atoms with Crippen molar-refractivity contribution in [1.29, 1.82) is 0 Å². The minimum atomic E-state index is 0.731. The third-order valence-corrected chi connectivity index (χ3v) is 3.06. The lowest BCUT2D eigenvalue weighted by molar-refractivity contribution is 0.911. The number of rotatable bonds is 1. The fraction of sp³-hybridized carbons (Fsp3) is 0.0833. The molecule has 0 radical (unpaired) electrons. The number of aromatic nitrogens is 3. The Morgan fingerprint density at radius 2 is 1.88 bits per heavy atom. The molecule has 0 spiro atoms. The summed E-state index contributed by atoms with van der Waals surface area (Å²) in [6.07, 6.45) is 1.95. The van der Waals surface area contributed by atoms with Crippen molar-refractivity contribution in [2.24, 2.45) is 0 Å². The van der Waals surface area contributed by atoms with Gasteiger partial charge in [-0.1, -0.05) is 23.7 Å². The molecule has 0 fully saturated rings. The molecule has 3 rings (SSSR count). The zero-order valence-electron chi connectivity index (χ0n) is 9.26. The van der Waals surface area contributed by atoms with E-state index in [2.05, 4.69) is 5.10 Å². The van der Waals surface area contributed by atoms with Gasteiger partial charge in [0.2, 0.25) is 0 Å². The molecule has 0 saturated carbocycles. The molecule has 5 heteroatoms. The molecule has 0 aliphatic carbocycles. The first kappa shape index (κ1) is 10.2. The summed E-state index contributed by atoms with van der Waals surface area (Å²) in [5, 5.41) is 5.04. The Labute approximate surface area is 103 Å². The highest BCUT2D eigenvalue weighted by Crippen LogP contribution is 2.23. The Bertz CT molecular complexity index is 678. The van der Waals surface area contributed by atoms with Crippen LogP contribution in [-0.2, 0) is 0 Å². The fourth-order valence-corrected chi connectivity index (χ4v) is 2.00. The highest BCUT2D eigenvalue weighted by atomic mass is 35.5. The molecule has 0 unspecified atom stereocenters. The van der Waals surface area contributed by atoms with Gasteiger partial charge in [-0.15, -0.1) is 0 Å². The van der Waals surface area contributed by atoms with Gasteiger partial charge in [-0.2, -0.15) is 5.10 Å². The summed E-state index contributed by atoms with van der Waals surface area (Å²) in [4.78, 5) is 0. The Hall–Kier alpha value is -1.94. The molecule has 2 aromatic heterocycles. The topological polar surface area (TPSA) is 48.2 Å². The van der Waals surface area contributed by atoms with Crippen LogP contribution in [0.15, 0.2) is 36.5 Å². The van der Waals surface area contributed by atoms with E-state index in [0.29, 0.717) is 0 Å². The third-order valence-electron chi connectivity index (χ3n) is 2.81. The van der Waals surface area contributed by atoms with Gasteiger partial charge >= 0.3 is 0 Å². The van der Waals surface area contributed by atoms with E-state index >= 15 is 0 Å². The van der Waals surface area contributed by atoms with Crippen molar-refractivity contribution >= 4 is 17.2 Å². The molecule has 0 atom stereocenters. The van der Waals surface area contributed by atoms with Gasteiger partial charge in [-0.3, -0.25) is 0 Å². The monoisotopic (exact) mass is 246 g/mol. The average Bonchev–Trinajstić information content (AvgIpc) is 2.82. The van der Waals surface area contributed by atoms with Crippen LogP contribution in [0.4, 0.5) is 0 Å². The molecule has 0 amide bonds. The van der Waals surface area contributed by atoms with Gasteiger partial charge < -0.3 is 5.84 Å². The number of nitrogen functional groups attached to an aromatic ring is 1. The van der Waals surface area contributed by atoms with Crippen LogP contribution in [0.2, 0.25) is 5.02 Å². The van der Waals surface area contributed by atoms with Crippen LogP contribution in [0.3, 0.4) is 0 Å². The summed E-state index contributed by atoms with van der Waals surface area (Å²) in [6.45, 7) is 1.87. The Morgan fingerprint density at radius 3 is 2.53 bits per heavy atom. The maximum atomic E-state index is 5.87. The van der Waals surface area contributed by atoms with E-state index in [9.17, 15) is 0 Å². The number of aryl methyl sites for hydroxylation is 1. The highest BCUT2D eigenvalue weighted by molar-refractivity contribution is 6.30. The molecular weight excluding hydrogens is 236 g/mol. The zero-order chi connectivity index (χ0) is 12.0. The fourth-order valence-electron chi connectivity index (χ4n) is 1.87. The summed E-state index contributed by atoms with van der Waals surface area (Å²) in [7, 11) is 0. The van der Waals surface area contributed by atoms with E-state index < -0.39 is 0 Å². The van der Waals surface area contributed by atoms with Crippen molar-refractivity contribution in [3.63, 3.8) is 0 Å². The molecule has 2 N–H and O–H groups in total. The Kier molecular flexibility index (Phi) is 2.12. The second-order valence-electron chi connectivity index (χ2n) is 3.96. The molecule has 4 nitrogen and oxygen atoms in total. The number of hydrogen-bond donors (Lipinski definition) is 1. The largest absolute Gasteiger partial charge is 0.336 e. The smallest absolute Gasteiger partial charge is 0.154 e. The number of nitrogens with two attached hydrogens (primary N) is 1. The first-order valence-corrected chi connectivity index (χ1v) is 5.62. The molecule has 2 heterocycles. The number of nitrogens with zero attached hydrogens (tertiary/aromatic N) is 3. The number of benzene rings is 1. The average molecular weight is 247 g/mol. The van der Waals surface area contributed by atoms with Crippen LogP contribution in [0, 0.1) is 6.92 Å². The summed E-state index contributed by atoms with van der Waals surface area (Å²) in [5.41, 5.74) is 3.04. The predicted octanol–water partition coefficient (Wildman–Crippen LogP) is 2.48. The highest BCUT2D eigenvalue weighted by Gasteiger charge is 2.08. The number of hydrogen-bond acceptors (Lipinski definition) is 2. The summed E-state index contributed by atoms with van der Waals surface area (Å²) in [5.74, 6) is 6.65. The lowest BCUT2D eigenvalue weighted by atomic mass is 10.1. The first-order chi connectivity index (χ1) is 8.15. The molecule has 86 valence electrons. The van der Waals surface area contributed by atoms with Crippen molar-refractivity contribution in [3.8, 4) is 11.1 Å². The van der Waals surface area contributed by atoms with Gasteiger partial charge in [0.05, 0.1) is 0 Å². The lowest BCUT2D eigenvalue weighted by Gasteiger charge is -1.97. The molecule has 17 heavy (non-hydrogen) atoms. The van der Waals surface area contributed by atoms with E-state index in [0.717, 1.165) is 27.6 Å². The number of halogens is 1. The molecule has 0 aliphatic heterocycles. The first-order valence-electron chi connectivity index (χ1n) is 5.24. The van der Waals surface area contributed by atoms with E-state index in [1.807, 2.05) is 43.5 Å². The van der Waals surface area contributed by atoms with Gasteiger partial charge in [0.1, 0.15) is 5.82 Å². The minimum Gasteiger partial charge on any atom is -0.336 e. The quantitative estimate of drug-likeness (QED) is 0.671. The maximum Gasteiger partial charge on any atom is 0.154 e. The van der Waals surface area contributed by atoms with Crippen LogP contribution in [0.1, 0.15) is 5.82 Å². The van der Waals surface area contributed by atoms with Crippen molar-refractivity contribution in [3.05, 3.63) is 47.4 Å². The molecule has 3 aromatic rings. The van der Waals surface area contributed by atoms with Gasteiger partial charge in [0, 0.05) is 16.8 Å². The molecule has 0 saturated heterocycles. The maximum absolute atomic E-state index is 5.87. The lowest BCUT2D eigenvalue weighted by Crippen LogP contribution is -2.09. The normalized spacial score (nSPS) is 11.2. The molecule has 0 bridgehead atoms. The van der Waals surface area contributed by atoms with E-state index in [1.165, 1.54) is 0 Å². The third kappa shape index (κ3) is 1.57. The second kappa shape index (κ2) is 3.53. The summed E-state index contributed by atoms with van der Waals surface area (Å²) < 4.78 is 3.35. The van der Waals surface area contributed by atoms with E-state index in [4.69, 9.17) is 17.4 Å². The van der Waals surface area contributed by atoms with Gasteiger partial charge in [-0.05, 0) is 30.7 Å².